The molecule has 11 nitrogen and oxygen atoms in total. The van der Waals surface area contributed by atoms with E-state index in [1.807, 2.05) is 60.7 Å². The summed E-state index contributed by atoms with van der Waals surface area (Å²) in [7, 11) is 3.55. The minimum atomic E-state index is -0.695. The summed E-state index contributed by atoms with van der Waals surface area (Å²) in [5.74, 6) is 1.58. The second kappa shape index (κ2) is 25.2. The average Bonchev–Trinajstić information content (AvgIpc) is 3.87. The molecule has 0 aromatic heterocycles. The number of nitrogens with one attached hydrogen (secondary N) is 1. The van der Waals surface area contributed by atoms with Gasteiger partial charge in [-0.2, -0.15) is 0 Å². The summed E-state index contributed by atoms with van der Waals surface area (Å²) < 4.78 is 10.8. The second-order valence-corrected chi connectivity index (χ2v) is 25.6. The van der Waals surface area contributed by atoms with E-state index in [0.717, 1.165) is 99.7 Å². The van der Waals surface area contributed by atoms with Crippen LogP contribution in [0.2, 0.25) is 10.0 Å². The number of benzene rings is 2. The predicted octanol–water partition coefficient (Wildman–Crippen LogP) is 13.8. The van der Waals surface area contributed by atoms with Gasteiger partial charge in [-0.05, 0) is 230 Å². The van der Waals surface area contributed by atoms with Gasteiger partial charge in [-0.1, -0.05) is 63.0 Å². The van der Waals surface area contributed by atoms with Crippen molar-refractivity contribution in [2.75, 3.05) is 40.3 Å². The molecule has 0 radical (unpaired) electrons. The maximum absolute atomic E-state index is 13.9. The number of hydrogen-bond acceptors (Lipinski definition) is 7. The zero-order valence-electron chi connectivity index (χ0n) is 46.3. The molecule has 73 heavy (non-hydrogen) atoms. The van der Waals surface area contributed by atoms with E-state index in [1.165, 1.54) is 39.8 Å². The molecule has 2 unspecified atom stereocenters. The predicted molar refractivity (Wildman–Crippen MR) is 296 cm³/mol. The van der Waals surface area contributed by atoms with Gasteiger partial charge in [0.2, 0.25) is 5.91 Å². The summed E-state index contributed by atoms with van der Waals surface area (Å²) in [6.07, 6.45) is 12.7. The number of aliphatic carboxylic acids is 1. The van der Waals surface area contributed by atoms with E-state index in [-0.39, 0.29) is 30.1 Å². The lowest BCUT2D eigenvalue weighted by Crippen LogP contribution is -2.48. The van der Waals surface area contributed by atoms with Crippen molar-refractivity contribution in [3.63, 3.8) is 0 Å². The molecule has 0 bridgehead atoms. The number of carbonyl (C=O) groups is 4. The number of amides is 3. The van der Waals surface area contributed by atoms with Crippen LogP contribution >= 0.6 is 23.2 Å². The Labute approximate surface area is 448 Å². The largest absolute Gasteiger partial charge is 0.481 e. The molecule has 2 N–H and O–H groups in total. The first kappa shape index (κ1) is 58.2. The molecule has 404 valence electrons. The lowest BCUT2D eigenvalue weighted by atomic mass is 9.80. The molecule has 3 amide bonds. The number of carboxylic acids is 1. The summed E-state index contributed by atoms with van der Waals surface area (Å²) in [6, 6.07) is 13.4. The van der Waals surface area contributed by atoms with Crippen LogP contribution in [0.3, 0.4) is 0 Å². The first-order chi connectivity index (χ1) is 34.3. The van der Waals surface area contributed by atoms with Gasteiger partial charge in [-0.3, -0.25) is 9.59 Å². The van der Waals surface area contributed by atoms with Crippen molar-refractivity contribution in [2.24, 2.45) is 35.5 Å². The molecule has 2 aromatic rings. The Balaban J connectivity index is 0.000000197. The molecule has 0 spiro atoms. The Kier molecular flexibility index (Phi) is 20.1. The van der Waals surface area contributed by atoms with Crippen LogP contribution in [-0.4, -0.2) is 107 Å². The maximum atomic E-state index is 13.9. The molecule has 2 fully saturated rings. The van der Waals surface area contributed by atoms with Gasteiger partial charge in [0.25, 0.3) is 0 Å². The van der Waals surface area contributed by atoms with Crippen LogP contribution in [0, 0.1) is 35.5 Å². The Morgan fingerprint density at radius 1 is 0.671 bits per heavy atom. The Hall–Kier alpha value is -4.06. The summed E-state index contributed by atoms with van der Waals surface area (Å²) in [5, 5.41) is 14.3. The zero-order chi connectivity index (χ0) is 53.5. The number of rotatable bonds is 10. The number of fused-ring (bicyclic) bond motifs is 4. The molecule has 13 heteroatoms. The Morgan fingerprint density at radius 2 is 1.12 bits per heavy atom. The number of nitrogens with zero attached hydrogens (tertiary/aromatic N) is 3. The Bertz CT molecular complexity index is 2330. The van der Waals surface area contributed by atoms with Gasteiger partial charge in [-0.25, -0.2) is 9.59 Å². The third-order valence-corrected chi connectivity index (χ3v) is 15.9. The van der Waals surface area contributed by atoms with E-state index in [0.29, 0.717) is 55.6 Å². The molecule has 2 heterocycles. The van der Waals surface area contributed by atoms with Crippen LogP contribution in [0.1, 0.15) is 169 Å². The topological polar surface area (TPSA) is 129 Å². The van der Waals surface area contributed by atoms with Gasteiger partial charge in [0, 0.05) is 55.7 Å². The number of halogens is 2. The van der Waals surface area contributed by atoms with Gasteiger partial charge < -0.3 is 34.6 Å². The minimum Gasteiger partial charge on any atom is -0.481 e. The zero-order valence-corrected chi connectivity index (χ0v) is 47.8. The average molecular weight is 1050 g/mol. The van der Waals surface area contributed by atoms with Crippen molar-refractivity contribution in [3.05, 3.63) is 79.8 Å². The molecule has 2 aliphatic heterocycles. The van der Waals surface area contributed by atoms with Crippen LogP contribution < -0.4 is 5.32 Å². The molecular formula is C60H88Cl2N4O7. The highest BCUT2D eigenvalue weighted by Crippen LogP contribution is 2.45. The number of hydrogen-bond donors (Lipinski definition) is 2. The quantitative estimate of drug-likeness (QED) is 0.241. The fraction of sp³-hybridized carbons (Fsp3) is 0.667. The molecule has 0 saturated heterocycles. The summed E-state index contributed by atoms with van der Waals surface area (Å²) in [6.45, 7) is 23.5. The van der Waals surface area contributed by atoms with E-state index in [1.54, 1.807) is 28.0 Å². The van der Waals surface area contributed by atoms with Gasteiger partial charge in [-0.15, -0.1) is 0 Å². The second-order valence-electron chi connectivity index (χ2n) is 24.8. The highest BCUT2D eigenvalue weighted by Gasteiger charge is 2.40. The van der Waals surface area contributed by atoms with Crippen LogP contribution in [0.4, 0.5) is 9.59 Å². The van der Waals surface area contributed by atoms with Crippen molar-refractivity contribution in [3.8, 4) is 0 Å². The van der Waals surface area contributed by atoms with E-state index in [9.17, 15) is 19.2 Å². The van der Waals surface area contributed by atoms with Crippen LogP contribution in [0.5, 0.6) is 0 Å². The minimum absolute atomic E-state index is 0.0862. The molecule has 8 rings (SSSR count). The lowest BCUT2D eigenvalue weighted by molar-refractivity contribution is -0.143. The maximum Gasteiger partial charge on any atom is 0.410 e. The molecule has 4 aliphatic carbocycles. The lowest BCUT2D eigenvalue weighted by Gasteiger charge is -2.41. The third-order valence-electron chi connectivity index (χ3n) is 15.4. The van der Waals surface area contributed by atoms with Crippen molar-refractivity contribution in [1.29, 1.82) is 0 Å². The summed E-state index contributed by atoms with van der Waals surface area (Å²) >= 11 is 12.5. The van der Waals surface area contributed by atoms with E-state index in [4.69, 9.17) is 37.8 Å². The fourth-order valence-corrected chi connectivity index (χ4v) is 12.3. The highest BCUT2D eigenvalue weighted by molar-refractivity contribution is 6.31. The number of ether oxygens (including phenoxy) is 2. The third kappa shape index (κ3) is 16.2. The first-order valence-corrected chi connectivity index (χ1v) is 28.2. The summed E-state index contributed by atoms with van der Waals surface area (Å²) in [5.41, 5.74) is 10.6. The SMILES string of the molecule is CC(C)CC1C2=C(CCN1C(=O)C1CCC(CN(C)C(=O)OC(C)(C)C)CC1)c1cc(Cl)ccc1C2.CC(C)CC1NCCC2=C1Cc1ccc(Cl)cc12.CN(CC1CCC(C(=O)O)CC1)C(=O)OC(C)(C)C. The standard InChI is InChI=1S/C30H43ClN2O3.C16H20ClN.C14H25NO4/c1-19(2)15-27-26-16-22-11-12-23(31)17-25(22)24(26)13-14-33(27)28(34)21-9-7-20(8-10-21)18-32(6)29(35)36-30(3,4)5;1-10(2)7-16-15-8-11-3-4-12(17)9-14(11)13(15)5-6-18-16;1-14(2,3)19-13(18)15(4)9-10-5-7-11(8-6-10)12(16)17/h11-12,17,19-21,27H,7-10,13-16,18H2,1-6H3;3-4,9-10,16,18H,5-8H2,1-2H3;10-11H,5-9H2,1-4H3,(H,16,17). The highest BCUT2D eigenvalue weighted by atomic mass is 35.5. The fourth-order valence-electron chi connectivity index (χ4n) is 11.9. The molecular weight excluding hydrogens is 960 g/mol. The van der Waals surface area contributed by atoms with Gasteiger partial charge >= 0.3 is 18.2 Å². The Morgan fingerprint density at radius 3 is 1.58 bits per heavy atom. The van der Waals surface area contributed by atoms with Crippen molar-refractivity contribution in [1.82, 2.24) is 20.0 Å². The van der Waals surface area contributed by atoms with Crippen molar-refractivity contribution < 1.29 is 33.8 Å². The van der Waals surface area contributed by atoms with E-state index in [2.05, 4.69) is 62.2 Å². The van der Waals surface area contributed by atoms with Gasteiger partial charge in [0.1, 0.15) is 11.2 Å². The smallest absolute Gasteiger partial charge is 0.410 e. The summed E-state index contributed by atoms with van der Waals surface area (Å²) in [4.78, 5) is 54.4. The molecule has 6 aliphatic rings. The number of carbonyl (C=O) groups excluding carboxylic acids is 3. The van der Waals surface area contributed by atoms with Crippen LogP contribution in [0.15, 0.2) is 47.5 Å². The first-order valence-electron chi connectivity index (χ1n) is 27.4. The van der Waals surface area contributed by atoms with Gasteiger partial charge in [0.05, 0.1) is 12.0 Å². The van der Waals surface area contributed by atoms with Crippen LogP contribution in [0.25, 0.3) is 11.1 Å². The molecule has 2 atom stereocenters. The van der Waals surface area contributed by atoms with Gasteiger partial charge in [0.15, 0.2) is 0 Å². The normalized spacial score (nSPS) is 23.5. The number of carboxylic acid groups (broad SMARTS) is 1. The van der Waals surface area contributed by atoms with Crippen molar-refractivity contribution in [2.45, 2.75) is 182 Å². The van der Waals surface area contributed by atoms with Crippen molar-refractivity contribution >= 4 is 58.4 Å². The molecule has 2 aromatic carbocycles. The monoisotopic (exact) mass is 1050 g/mol. The van der Waals surface area contributed by atoms with E-state index < -0.39 is 17.2 Å². The van der Waals surface area contributed by atoms with Crippen LogP contribution in [-0.2, 0) is 31.9 Å². The van der Waals surface area contributed by atoms with E-state index >= 15 is 0 Å². The molecule has 2 saturated carbocycles.